The summed E-state index contributed by atoms with van der Waals surface area (Å²) < 4.78 is 28.8. The normalized spacial score (nSPS) is 11.3. The maximum atomic E-state index is 11.5. The van der Waals surface area contributed by atoms with Crippen molar-refractivity contribution in [1.29, 1.82) is 0 Å². The van der Waals surface area contributed by atoms with Gasteiger partial charge in [0.2, 0.25) is 0 Å². The topological polar surface area (TPSA) is 58.2 Å². The van der Waals surface area contributed by atoms with E-state index in [1.165, 1.54) is 0 Å². The standard InChI is InChI=1S/C9H13IN2O2S/c1-2-7-11-15(13,14)12-9-6-4-3-5-8(9)10/h3-6,11-12H,2,7H2,1H3. The Morgan fingerprint density at radius 2 is 2.00 bits per heavy atom. The minimum absolute atomic E-state index is 0.443. The van der Waals surface area contributed by atoms with E-state index in [0.29, 0.717) is 12.2 Å². The second-order valence-corrected chi connectivity index (χ2v) is 5.64. The Morgan fingerprint density at radius 3 is 2.60 bits per heavy atom. The zero-order valence-electron chi connectivity index (χ0n) is 8.33. The van der Waals surface area contributed by atoms with Crippen LogP contribution in [0.1, 0.15) is 13.3 Å². The molecule has 0 saturated carbocycles. The molecular weight excluding hydrogens is 327 g/mol. The lowest BCUT2D eigenvalue weighted by Crippen LogP contribution is -2.30. The van der Waals surface area contributed by atoms with Crippen molar-refractivity contribution in [1.82, 2.24) is 4.72 Å². The van der Waals surface area contributed by atoms with Crippen molar-refractivity contribution >= 4 is 38.5 Å². The van der Waals surface area contributed by atoms with Crippen molar-refractivity contribution in [3.05, 3.63) is 27.8 Å². The first kappa shape index (κ1) is 12.7. The highest BCUT2D eigenvalue weighted by Crippen LogP contribution is 2.17. The molecule has 0 radical (unpaired) electrons. The van der Waals surface area contributed by atoms with Gasteiger partial charge in [-0.3, -0.25) is 4.72 Å². The van der Waals surface area contributed by atoms with Crippen LogP contribution in [-0.4, -0.2) is 15.0 Å². The van der Waals surface area contributed by atoms with Gasteiger partial charge < -0.3 is 0 Å². The maximum Gasteiger partial charge on any atom is 0.299 e. The van der Waals surface area contributed by atoms with E-state index in [1.807, 2.05) is 19.1 Å². The summed E-state index contributed by atoms with van der Waals surface area (Å²) in [4.78, 5) is 0. The van der Waals surface area contributed by atoms with Crippen molar-refractivity contribution in [2.24, 2.45) is 0 Å². The zero-order valence-corrected chi connectivity index (χ0v) is 11.3. The lowest BCUT2D eigenvalue weighted by atomic mass is 10.3. The highest BCUT2D eigenvalue weighted by Gasteiger charge is 2.09. The van der Waals surface area contributed by atoms with Gasteiger partial charge in [0.15, 0.2) is 0 Å². The third-order valence-electron chi connectivity index (χ3n) is 1.66. The average molecular weight is 340 g/mol. The average Bonchev–Trinajstić information content (AvgIpc) is 2.18. The highest BCUT2D eigenvalue weighted by molar-refractivity contribution is 14.1. The van der Waals surface area contributed by atoms with Crippen LogP contribution in [-0.2, 0) is 10.2 Å². The van der Waals surface area contributed by atoms with Gasteiger partial charge in [-0.05, 0) is 41.1 Å². The molecule has 0 atom stereocenters. The molecule has 0 aliphatic carbocycles. The van der Waals surface area contributed by atoms with Crippen LogP contribution in [0, 0.1) is 3.57 Å². The first-order chi connectivity index (χ1) is 7.05. The Hall–Kier alpha value is -0.340. The monoisotopic (exact) mass is 340 g/mol. The van der Waals surface area contributed by atoms with Crippen molar-refractivity contribution in [2.45, 2.75) is 13.3 Å². The number of rotatable bonds is 5. The molecule has 84 valence electrons. The number of nitrogens with one attached hydrogen (secondary N) is 2. The Morgan fingerprint density at radius 1 is 1.33 bits per heavy atom. The fraction of sp³-hybridized carbons (Fsp3) is 0.333. The molecule has 6 heteroatoms. The third-order valence-corrected chi connectivity index (χ3v) is 3.67. The van der Waals surface area contributed by atoms with Gasteiger partial charge in [-0.25, -0.2) is 0 Å². The molecule has 0 spiro atoms. The minimum atomic E-state index is -3.42. The summed E-state index contributed by atoms with van der Waals surface area (Å²) >= 11 is 2.08. The molecule has 0 aromatic heterocycles. The van der Waals surface area contributed by atoms with Gasteiger partial charge in [-0.2, -0.15) is 13.1 Å². The van der Waals surface area contributed by atoms with E-state index in [1.54, 1.807) is 12.1 Å². The van der Waals surface area contributed by atoms with Gasteiger partial charge >= 0.3 is 0 Å². The van der Waals surface area contributed by atoms with Crippen LogP contribution >= 0.6 is 22.6 Å². The number of hydrogen-bond donors (Lipinski definition) is 2. The van der Waals surface area contributed by atoms with E-state index < -0.39 is 10.2 Å². The van der Waals surface area contributed by atoms with E-state index in [2.05, 4.69) is 32.0 Å². The Balaban J connectivity index is 2.74. The molecule has 1 aromatic rings. The smallest absolute Gasteiger partial charge is 0.270 e. The van der Waals surface area contributed by atoms with Crippen molar-refractivity contribution in [3.8, 4) is 0 Å². The van der Waals surface area contributed by atoms with Crippen LogP contribution in [0.15, 0.2) is 24.3 Å². The number of para-hydroxylation sites is 1. The lowest BCUT2D eigenvalue weighted by molar-refractivity contribution is 0.586. The third kappa shape index (κ3) is 4.35. The second kappa shape index (κ2) is 5.66. The summed E-state index contributed by atoms with van der Waals surface area (Å²) in [6.07, 6.45) is 0.771. The first-order valence-electron chi connectivity index (χ1n) is 4.57. The van der Waals surface area contributed by atoms with Crippen LogP contribution in [0.4, 0.5) is 5.69 Å². The fourth-order valence-electron chi connectivity index (χ4n) is 0.961. The molecule has 0 saturated heterocycles. The number of halogens is 1. The summed E-state index contributed by atoms with van der Waals surface area (Å²) in [7, 11) is -3.42. The van der Waals surface area contributed by atoms with Gasteiger partial charge in [0.25, 0.3) is 10.2 Å². The molecule has 2 N–H and O–H groups in total. The number of benzene rings is 1. The van der Waals surface area contributed by atoms with Gasteiger partial charge in [0, 0.05) is 10.1 Å². The Kier molecular flexibility index (Phi) is 4.81. The summed E-state index contributed by atoms with van der Waals surface area (Å²) in [6, 6.07) is 7.23. The molecular formula is C9H13IN2O2S. The largest absolute Gasteiger partial charge is 0.299 e. The maximum absolute atomic E-state index is 11.5. The van der Waals surface area contributed by atoms with Crippen LogP contribution < -0.4 is 9.44 Å². The molecule has 1 aromatic carbocycles. The van der Waals surface area contributed by atoms with Gasteiger partial charge in [-0.15, -0.1) is 0 Å². The molecule has 0 aliphatic rings. The van der Waals surface area contributed by atoms with Gasteiger partial charge in [0.1, 0.15) is 0 Å². The molecule has 0 heterocycles. The zero-order chi connectivity index (χ0) is 11.3. The van der Waals surface area contributed by atoms with Crippen molar-refractivity contribution in [3.63, 3.8) is 0 Å². The van der Waals surface area contributed by atoms with E-state index >= 15 is 0 Å². The van der Waals surface area contributed by atoms with Crippen LogP contribution in [0.25, 0.3) is 0 Å². The number of hydrogen-bond acceptors (Lipinski definition) is 2. The van der Waals surface area contributed by atoms with Crippen LogP contribution in [0.3, 0.4) is 0 Å². The quantitative estimate of drug-likeness (QED) is 0.805. The minimum Gasteiger partial charge on any atom is -0.270 e. The summed E-state index contributed by atoms with van der Waals surface area (Å²) in [5, 5.41) is 0. The highest BCUT2D eigenvalue weighted by atomic mass is 127. The molecule has 15 heavy (non-hydrogen) atoms. The van der Waals surface area contributed by atoms with Gasteiger partial charge in [0.05, 0.1) is 5.69 Å². The second-order valence-electron chi connectivity index (χ2n) is 2.98. The van der Waals surface area contributed by atoms with E-state index in [0.717, 1.165) is 9.99 Å². The van der Waals surface area contributed by atoms with E-state index in [4.69, 9.17) is 0 Å². The van der Waals surface area contributed by atoms with Crippen molar-refractivity contribution in [2.75, 3.05) is 11.3 Å². The predicted molar refractivity (Wildman–Crippen MR) is 70.0 cm³/mol. The van der Waals surface area contributed by atoms with E-state index in [-0.39, 0.29) is 0 Å². The molecule has 0 unspecified atom stereocenters. The van der Waals surface area contributed by atoms with E-state index in [9.17, 15) is 8.42 Å². The first-order valence-corrected chi connectivity index (χ1v) is 7.13. The molecule has 0 bridgehead atoms. The predicted octanol–water partition coefficient (Wildman–Crippen LogP) is 1.95. The molecule has 1 rings (SSSR count). The van der Waals surface area contributed by atoms with Crippen molar-refractivity contribution < 1.29 is 8.42 Å². The van der Waals surface area contributed by atoms with Crippen LogP contribution in [0.2, 0.25) is 0 Å². The van der Waals surface area contributed by atoms with Gasteiger partial charge in [-0.1, -0.05) is 19.1 Å². The summed E-state index contributed by atoms with van der Waals surface area (Å²) in [5.41, 5.74) is 0.599. The Labute approximate surface area is 104 Å². The number of anilines is 1. The summed E-state index contributed by atoms with van der Waals surface area (Å²) in [6.45, 7) is 2.35. The summed E-state index contributed by atoms with van der Waals surface area (Å²) in [5.74, 6) is 0. The molecule has 0 amide bonds. The lowest BCUT2D eigenvalue weighted by Gasteiger charge is -2.09. The molecule has 4 nitrogen and oxygen atoms in total. The SMILES string of the molecule is CCCNS(=O)(=O)Nc1ccccc1I. The molecule has 0 fully saturated rings. The van der Waals surface area contributed by atoms with Crippen LogP contribution in [0.5, 0.6) is 0 Å². The molecule has 0 aliphatic heterocycles. The Bertz CT molecular complexity index is 420. The fourth-order valence-corrected chi connectivity index (χ4v) is 2.68.